The highest BCUT2D eigenvalue weighted by Gasteiger charge is 2.54. The minimum atomic E-state index is 0.525. The molecule has 0 radical (unpaired) electrons. The van der Waals surface area contributed by atoms with Gasteiger partial charge < -0.3 is 9.88 Å². The molecule has 1 aromatic carbocycles. The second-order valence-electron chi connectivity index (χ2n) is 7.82. The molecule has 7 rings (SSSR count). The monoisotopic (exact) mass is 346 g/mol. The summed E-state index contributed by atoms with van der Waals surface area (Å²) in [5, 5.41) is 0. The molecule has 26 heavy (non-hydrogen) atoms. The van der Waals surface area contributed by atoms with Crippen LogP contribution in [0.1, 0.15) is 24.3 Å². The van der Waals surface area contributed by atoms with E-state index in [4.69, 9.17) is 0 Å². The van der Waals surface area contributed by atoms with Crippen LogP contribution >= 0.6 is 0 Å². The molecule has 0 amide bonds. The van der Waals surface area contributed by atoms with Crippen molar-refractivity contribution >= 4 is 17.0 Å². The number of nitrogens with zero attached hydrogens (tertiary/aromatic N) is 5. The van der Waals surface area contributed by atoms with E-state index in [0.717, 1.165) is 29.4 Å². The van der Waals surface area contributed by atoms with Gasteiger partial charge in [-0.2, -0.15) is 0 Å². The Morgan fingerprint density at radius 1 is 0.962 bits per heavy atom. The molecule has 4 aliphatic heterocycles. The molecule has 4 saturated heterocycles. The highest BCUT2D eigenvalue weighted by Crippen LogP contribution is 2.48. The summed E-state index contributed by atoms with van der Waals surface area (Å²) in [4.78, 5) is 21.9. The van der Waals surface area contributed by atoms with Crippen LogP contribution in [-0.2, 0) is 0 Å². The molecule has 6 nitrogen and oxygen atoms in total. The first kappa shape index (κ1) is 14.7. The predicted octanol–water partition coefficient (Wildman–Crippen LogP) is 2.42. The van der Waals surface area contributed by atoms with Crippen LogP contribution in [0.4, 0.5) is 5.82 Å². The third kappa shape index (κ3) is 1.99. The molecule has 2 aromatic heterocycles. The zero-order valence-electron chi connectivity index (χ0n) is 14.6. The number of imidazole rings is 1. The first-order valence-corrected chi connectivity index (χ1v) is 9.60. The van der Waals surface area contributed by atoms with E-state index >= 15 is 0 Å². The number of anilines is 1. The lowest BCUT2D eigenvalue weighted by Crippen LogP contribution is -2.60. The van der Waals surface area contributed by atoms with E-state index in [1.807, 2.05) is 0 Å². The molecule has 4 aliphatic rings. The van der Waals surface area contributed by atoms with Gasteiger partial charge in [-0.15, -0.1) is 0 Å². The van der Waals surface area contributed by atoms with Gasteiger partial charge in [-0.05, 0) is 37.4 Å². The lowest BCUT2D eigenvalue weighted by molar-refractivity contribution is 0.0355. The number of nitrogens with one attached hydrogen (secondary N) is 1. The van der Waals surface area contributed by atoms with E-state index in [1.54, 1.807) is 12.7 Å². The van der Waals surface area contributed by atoms with Crippen LogP contribution in [0.15, 0.2) is 43.0 Å². The Kier molecular flexibility index (Phi) is 3.11. The van der Waals surface area contributed by atoms with Crippen LogP contribution in [-0.4, -0.2) is 56.6 Å². The van der Waals surface area contributed by atoms with E-state index in [2.05, 4.69) is 60.1 Å². The van der Waals surface area contributed by atoms with Gasteiger partial charge in [0.2, 0.25) is 0 Å². The van der Waals surface area contributed by atoms with Gasteiger partial charge in [-0.1, -0.05) is 30.3 Å². The summed E-state index contributed by atoms with van der Waals surface area (Å²) < 4.78 is 0. The molecule has 0 aliphatic carbocycles. The first-order valence-electron chi connectivity index (χ1n) is 9.60. The van der Waals surface area contributed by atoms with Crippen molar-refractivity contribution in [2.45, 2.75) is 30.8 Å². The fourth-order valence-corrected chi connectivity index (χ4v) is 5.63. The topological polar surface area (TPSA) is 60.9 Å². The average Bonchev–Trinajstić information content (AvgIpc) is 3.35. The predicted molar refractivity (Wildman–Crippen MR) is 100 cm³/mol. The number of benzene rings is 1. The van der Waals surface area contributed by atoms with Gasteiger partial charge in [-0.25, -0.2) is 15.0 Å². The fourth-order valence-electron chi connectivity index (χ4n) is 5.63. The van der Waals surface area contributed by atoms with Crippen LogP contribution in [0.3, 0.4) is 0 Å². The Morgan fingerprint density at radius 2 is 1.81 bits per heavy atom. The smallest absolute Gasteiger partial charge is 0.182 e. The van der Waals surface area contributed by atoms with Crippen molar-refractivity contribution in [2.75, 3.05) is 24.5 Å². The standard InChI is InChI=1S/C20H22N6/c1-2-4-13(5-3-1)15-10-26(17-14-6-8-25(9-7-14)18(15)17)20-16-19(22-11-21-16)23-12-24-20/h1-5,11-12,14-15,17-18H,6-10H2,(H,21,22,23,24)/t15-,17-,18-/m1/s1. The number of aromatic nitrogens is 4. The highest BCUT2D eigenvalue weighted by molar-refractivity contribution is 5.83. The van der Waals surface area contributed by atoms with Crippen molar-refractivity contribution in [2.24, 2.45) is 5.92 Å². The molecular weight excluding hydrogens is 324 g/mol. The normalized spacial score (nSPS) is 32.9. The van der Waals surface area contributed by atoms with E-state index in [9.17, 15) is 0 Å². The number of rotatable bonds is 2. The molecule has 3 aromatic rings. The van der Waals surface area contributed by atoms with Gasteiger partial charge in [0.15, 0.2) is 11.5 Å². The summed E-state index contributed by atoms with van der Waals surface area (Å²) >= 11 is 0. The van der Waals surface area contributed by atoms with Gasteiger partial charge in [0.1, 0.15) is 11.8 Å². The zero-order valence-corrected chi connectivity index (χ0v) is 14.6. The molecule has 4 fully saturated rings. The number of H-pyrrole nitrogens is 1. The molecule has 6 heteroatoms. The number of hydrogen-bond donors (Lipinski definition) is 1. The summed E-state index contributed by atoms with van der Waals surface area (Å²) in [6.07, 6.45) is 5.99. The van der Waals surface area contributed by atoms with Gasteiger partial charge >= 0.3 is 0 Å². The van der Waals surface area contributed by atoms with E-state index < -0.39 is 0 Å². The van der Waals surface area contributed by atoms with Gasteiger partial charge in [0.25, 0.3) is 0 Å². The van der Waals surface area contributed by atoms with Crippen molar-refractivity contribution in [3.8, 4) is 0 Å². The van der Waals surface area contributed by atoms with Gasteiger partial charge in [0, 0.05) is 24.5 Å². The minimum Gasteiger partial charge on any atom is -0.349 e. The number of fused-ring (bicyclic) bond motifs is 3. The maximum Gasteiger partial charge on any atom is 0.182 e. The minimum absolute atomic E-state index is 0.525. The highest BCUT2D eigenvalue weighted by atomic mass is 15.3. The van der Waals surface area contributed by atoms with Crippen LogP contribution in [0, 0.1) is 5.92 Å². The molecule has 1 N–H and O–H groups in total. The SMILES string of the molecule is c1ccc([C@H]2CN(c3ncnc4nc[nH]c34)[C@@H]3C4CCN(CC4)[C@H]23)cc1. The molecular formula is C20H22N6. The van der Waals surface area contributed by atoms with E-state index in [-0.39, 0.29) is 0 Å². The average molecular weight is 346 g/mol. The second kappa shape index (κ2) is 5.51. The summed E-state index contributed by atoms with van der Waals surface area (Å²) in [6, 6.07) is 12.1. The Labute approximate surface area is 152 Å². The Hall–Kier alpha value is -2.47. The van der Waals surface area contributed by atoms with Crippen LogP contribution in [0.5, 0.6) is 0 Å². The largest absolute Gasteiger partial charge is 0.349 e. The zero-order chi connectivity index (χ0) is 17.1. The quantitative estimate of drug-likeness (QED) is 0.772. The Balaban J connectivity index is 1.49. The summed E-state index contributed by atoms with van der Waals surface area (Å²) in [7, 11) is 0. The van der Waals surface area contributed by atoms with Crippen LogP contribution in [0.2, 0.25) is 0 Å². The number of piperidine rings is 3. The number of hydrogen-bond acceptors (Lipinski definition) is 5. The van der Waals surface area contributed by atoms with E-state index in [1.165, 1.54) is 31.5 Å². The maximum atomic E-state index is 4.69. The van der Waals surface area contributed by atoms with Crippen molar-refractivity contribution in [3.05, 3.63) is 48.5 Å². The van der Waals surface area contributed by atoms with E-state index in [0.29, 0.717) is 18.0 Å². The van der Waals surface area contributed by atoms with Gasteiger partial charge in [-0.3, -0.25) is 4.90 Å². The maximum absolute atomic E-state index is 4.69. The second-order valence-corrected chi connectivity index (χ2v) is 7.82. The van der Waals surface area contributed by atoms with Crippen molar-refractivity contribution in [1.82, 2.24) is 24.8 Å². The fraction of sp³-hybridized carbons (Fsp3) is 0.450. The van der Waals surface area contributed by atoms with Gasteiger partial charge in [0.05, 0.1) is 6.33 Å². The molecule has 0 saturated carbocycles. The van der Waals surface area contributed by atoms with Crippen LogP contribution in [0.25, 0.3) is 11.2 Å². The molecule has 3 atom stereocenters. The number of aromatic amines is 1. The lowest BCUT2D eigenvalue weighted by atomic mass is 9.75. The Morgan fingerprint density at radius 3 is 2.65 bits per heavy atom. The summed E-state index contributed by atoms with van der Waals surface area (Å²) in [6.45, 7) is 3.50. The first-order chi connectivity index (χ1) is 12.9. The molecule has 2 bridgehead atoms. The molecule has 0 spiro atoms. The summed E-state index contributed by atoms with van der Waals surface area (Å²) in [5.74, 6) is 2.30. The molecule has 0 unspecified atom stereocenters. The van der Waals surface area contributed by atoms with Crippen LogP contribution < -0.4 is 4.90 Å². The van der Waals surface area contributed by atoms with Crippen molar-refractivity contribution < 1.29 is 0 Å². The lowest BCUT2D eigenvalue weighted by Gasteiger charge is -2.51. The van der Waals surface area contributed by atoms with Crippen molar-refractivity contribution in [1.29, 1.82) is 0 Å². The molecule has 6 heterocycles. The Bertz CT molecular complexity index is 930. The van der Waals surface area contributed by atoms with Crippen molar-refractivity contribution in [3.63, 3.8) is 0 Å². The molecule has 132 valence electrons. The third-order valence-electron chi connectivity index (χ3n) is 6.70. The third-order valence-corrected chi connectivity index (χ3v) is 6.70. The summed E-state index contributed by atoms with van der Waals surface area (Å²) in [5.41, 5.74) is 3.18.